The molecule has 0 spiro atoms. The molecule has 1 atom stereocenters. The molecule has 1 unspecified atom stereocenters. The van der Waals surface area contributed by atoms with Crippen LogP contribution in [-0.2, 0) is 11.3 Å². The summed E-state index contributed by atoms with van der Waals surface area (Å²) in [5.41, 5.74) is 2.36. The molecule has 0 aromatic heterocycles. The van der Waals surface area contributed by atoms with Crippen LogP contribution in [0.1, 0.15) is 51.2 Å². The highest BCUT2D eigenvalue weighted by molar-refractivity contribution is 8.00. The van der Waals surface area contributed by atoms with Crippen molar-refractivity contribution in [3.63, 3.8) is 0 Å². The normalized spacial score (nSPS) is 17.8. The molecular formula is C22H37N3O2S. The molecule has 1 aliphatic heterocycles. The Labute approximate surface area is 175 Å². The minimum Gasteiger partial charge on any atom is -0.490 e. The summed E-state index contributed by atoms with van der Waals surface area (Å²) >= 11 is 2.03. The summed E-state index contributed by atoms with van der Waals surface area (Å²) in [6.45, 7) is 11.9. The van der Waals surface area contributed by atoms with Gasteiger partial charge in [0.1, 0.15) is 5.75 Å². The van der Waals surface area contributed by atoms with E-state index < -0.39 is 0 Å². The quantitative estimate of drug-likeness (QED) is 0.476. The van der Waals surface area contributed by atoms with Crippen molar-refractivity contribution in [1.29, 1.82) is 0 Å². The molecule has 0 aliphatic carbocycles. The number of nitrogens with one attached hydrogen (secondary N) is 2. The van der Waals surface area contributed by atoms with Gasteiger partial charge in [-0.1, -0.05) is 26.0 Å². The number of hydrogen-bond acceptors (Lipinski definition) is 4. The molecule has 1 heterocycles. The second kappa shape index (κ2) is 11.6. The van der Waals surface area contributed by atoms with Gasteiger partial charge in [0.25, 0.3) is 0 Å². The molecule has 1 aliphatic rings. The fourth-order valence-electron chi connectivity index (χ4n) is 3.28. The average Bonchev–Trinajstić information content (AvgIpc) is 2.70. The number of ether oxygens (including phenoxy) is 2. The molecule has 1 saturated heterocycles. The van der Waals surface area contributed by atoms with Crippen molar-refractivity contribution in [2.75, 3.05) is 32.6 Å². The Bertz CT molecular complexity index is 625. The van der Waals surface area contributed by atoms with Gasteiger partial charge in [0, 0.05) is 43.7 Å². The summed E-state index contributed by atoms with van der Waals surface area (Å²) in [5.74, 6) is 2.91. The zero-order chi connectivity index (χ0) is 20.4. The van der Waals surface area contributed by atoms with Crippen LogP contribution in [0.4, 0.5) is 0 Å². The van der Waals surface area contributed by atoms with E-state index in [1.54, 1.807) is 0 Å². The standard InChI is InChI=1S/C22H37N3O2S/c1-6-18(4)27-20-14-17(3)8-9-19(20)15-24-21(23-5)25-16-22(28-7-2)10-12-26-13-11-22/h8-9,14,18H,6-7,10-13,15-16H2,1-5H3,(H2,23,24,25). The Kier molecular flexibility index (Phi) is 9.45. The molecule has 0 bridgehead atoms. The largest absolute Gasteiger partial charge is 0.490 e. The van der Waals surface area contributed by atoms with Crippen LogP contribution in [0.3, 0.4) is 0 Å². The number of hydrogen-bond donors (Lipinski definition) is 2. The molecule has 1 fully saturated rings. The average molecular weight is 408 g/mol. The molecule has 2 rings (SSSR count). The number of guanidine groups is 1. The maximum atomic E-state index is 6.13. The molecule has 0 radical (unpaired) electrons. The third-order valence-corrected chi connectivity index (χ3v) is 6.68. The van der Waals surface area contributed by atoms with Gasteiger partial charge in [-0.3, -0.25) is 4.99 Å². The Balaban J connectivity index is 1.96. The van der Waals surface area contributed by atoms with E-state index in [-0.39, 0.29) is 10.9 Å². The van der Waals surface area contributed by atoms with Crippen molar-refractivity contribution in [1.82, 2.24) is 10.6 Å². The first-order valence-electron chi connectivity index (χ1n) is 10.4. The molecule has 2 N–H and O–H groups in total. The maximum Gasteiger partial charge on any atom is 0.191 e. The van der Waals surface area contributed by atoms with Crippen molar-refractivity contribution < 1.29 is 9.47 Å². The van der Waals surface area contributed by atoms with Gasteiger partial charge in [-0.05, 0) is 50.5 Å². The summed E-state index contributed by atoms with van der Waals surface area (Å²) in [6, 6.07) is 6.39. The summed E-state index contributed by atoms with van der Waals surface area (Å²) in [4.78, 5) is 4.42. The van der Waals surface area contributed by atoms with Gasteiger partial charge in [0.15, 0.2) is 5.96 Å². The fourth-order valence-corrected chi connectivity index (χ4v) is 4.53. The first-order valence-corrected chi connectivity index (χ1v) is 11.4. The second-order valence-electron chi connectivity index (χ2n) is 7.46. The Morgan fingerprint density at radius 2 is 2.04 bits per heavy atom. The molecule has 1 aromatic rings. The lowest BCUT2D eigenvalue weighted by molar-refractivity contribution is 0.0782. The van der Waals surface area contributed by atoms with Crippen molar-refractivity contribution in [3.8, 4) is 5.75 Å². The number of aryl methyl sites for hydroxylation is 1. The highest BCUT2D eigenvalue weighted by atomic mass is 32.2. The van der Waals surface area contributed by atoms with E-state index in [2.05, 4.69) is 61.5 Å². The Hall–Kier alpha value is -1.40. The fraction of sp³-hybridized carbons (Fsp3) is 0.682. The van der Waals surface area contributed by atoms with Crippen LogP contribution in [0.15, 0.2) is 23.2 Å². The molecule has 6 heteroatoms. The first-order chi connectivity index (χ1) is 13.5. The third-order valence-electron chi connectivity index (χ3n) is 5.23. The van der Waals surface area contributed by atoms with Gasteiger partial charge in [-0.2, -0.15) is 11.8 Å². The van der Waals surface area contributed by atoms with E-state index in [1.165, 1.54) is 5.56 Å². The number of benzene rings is 1. The van der Waals surface area contributed by atoms with E-state index in [4.69, 9.17) is 9.47 Å². The van der Waals surface area contributed by atoms with Gasteiger partial charge in [-0.15, -0.1) is 0 Å². The molecule has 158 valence electrons. The Morgan fingerprint density at radius 1 is 1.29 bits per heavy atom. The zero-order valence-corrected chi connectivity index (χ0v) is 19.0. The minimum atomic E-state index is 0.206. The van der Waals surface area contributed by atoms with Crippen molar-refractivity contribution in [2.24, 2.45) is 4.99 Å². The third kappa shape index (κ3) is 6.89. The molecule has 1 aromatic carbocycles. The van der Waals surface area contributed by atoms with Crippen LogP contribution in [-0.4, -0.2) is 49.4 Å². The second-order valence-corrected chi connectivity index (χ2v) is 9.19. The summed E-state index contributed by atoms with van der Waals surface area (Å²) < 4.78 is 11.9. The van der Waals surface area contributed by atoms with Gasteiger partial charge >= 0.3 is 0 Å². The predicted octanol–water partition coefficient (Wildman–Crippen LogP) is 4.14. The van der Waals surface area contributed by atoms with E-state index in [1.807, 2.05) is 18.8 Å². The zero-order valence-electron chi connectivity index (χ0n) is 18.1. The van der Waals surface area contributed by atoms with E-state index >= 15 is 0 Å². The van der Waals surface area contributed by atoms with Crippen LogP contribution in [0.5, 0.6) is 5.75 Å². The molecule has 0 saturated carbocycles. The highest BCUT2D eigenvalue weighted by Gasteiger charge is 2.32. The monoisotopic (exact) mass is 407 g/mol. The molecule has 5 nitrogen and oxygen atoms in total. The maximum absolute atomic E-state index is 6.13. The Morgan fingerprint density at radius 3 is 2.68 bits per heavy atom. The number of aliphatic imine (C=N–C) groups is 1. The molecular weight excluding hydrogens is 370 g/mol. The van der Waals surface area contributed by atoms with Crippen LogP contribution >= 0.6 is 11.8 Å². The van der Waals surface area contributed by atoms with Crippen molar-refractivity contribution in [3.05, 3.63) is 29.3 Å². The van der Waals surface area contributed by atoms with Crippen molar-refractivity contribution >= 4 is 17.7 Å². The number of rotatable bonds is 9. The summed E-state index contributed by atoms with van der Waals surface area (Å²) in [7, 11) is 1.82. The van der Waals surface area contributed by atoms with Crippen LogP contribution in [0.25, 0.3) is 0 Å². The topological polar surface area (TPSA) is 54.9 Å². The SMILES string of the molecule is CCSC1(CNC(=NC)NCc2ccc(C)cc2OC(C)CC)CCOCC1. The predicted molar refractivity (Wildman–Crippen MR) is 121 cm³/mol. The van der Waals surface area contributed by atoms with Gasteiger partial charge < -0.3 is 20.1 Å². The van der Waals surface area contributed by atoms with Crippen LogP contribution in [0.2, 0.25) is 0 Å². The smallest absolute Gasteiger partial charge is 0.191 e. The van der Waals surface area contributed by atoms with Gasteiger partial charge in [0.05, 0.1) is 6.10 Å². The van der Waals surface area contributed by atoms with E-state index in [0.29, 0.717) is 6.54 Å². The van der Waals surface area contributed by atoms with Crippen LogP contribution in [0, 0.1) is 6.92 Å². The van der Waals surface area contributed by atoms with Gasteiger partial charge in [-0.25, -0.2) is 0 Å². The minimum absolute atomic E-state index is 0.206. The molecule has 0 amide bonds. The number of thioether (sulfide) groups is 1. The lowest BCUT2D eigenvalue weighted by Gasteiger charge is -2.37. The van der Waals surface area contributed by atoms with Crippen molar-refractivity contribution in [2.45, 2.75) is 64.4 Å². The lowest BCUT2D eigenvalue weighted by Crippen LogP contribution is -2.48. The highest BCUT2D eigenvalue weighted by Crippen LogP contribution is 2.34. The van der Waals surface area contributed by atoms with E-state index in [0.717, 1.165) is 62.0 Å². The number of nitrogens with zero attached hydrogens (tertiary/aromatic N) is 1. The van der Waals surface area contributed by atoms with Gasteiger partial charge in [0.2, 0.25) is 0 Å². The first kappa shape index (κ1) is 22.9. The van der Waals surface area contributed by atoms with E-state index in [9.17, 15) is 0 Å². The lowest BCUT2D eigenvalue weighted by atomic mass is 9.99. The summed E-state index contributed by atoms with van der Waals surface area (Å²) in [6.07, 6.45) is 3.36. The molecule has 28 heavy (non-hydrogen) atoms. The van der Waals surface area contributed by atoms with Crippen LogP contribution < -0.4 is 15.4 Å². The summed E-state index contributed by atoms with van der Waals surface area (Å²) in [5, 5.41) is 6.99.